The lowest BCUT2D eigenvalue weighted by atomic mass is 9.90. The molecule has 0 aliphatic carbocycles. The largest absolute Gasteiger partial charge is 0.381 e. The molecule has 0 bridgehead atoms. The molecule has 1 aliphatic rings. The molecule has 0 amide bonds. The molecule has 0 radical (unpaired) electrons. The zero-order valence-electron chi connectivity index (χ0n) is 9.68. The van der Waals surface area contributed by atoms with Crippen LogP contribution in [0.4, 0.5) is 0 Å². The molecule has 1 atom stereocenters. The van der Waals surface area contributed by atoms with Crippen LogP contribution in [-0.4, -0.2) is 25.8 Å². The van der Waals surface area contributed by atoms with Crippen molar-refractivity contribution in [3.8, 4) is 0 Å². The molecule has 1 aliphatic heterocycles. The van der Waals surface area contributed by atoms with Gasteiger partial charge in [-0.25, -0.2) is 0 Å². The van der Waals surface area contributed by atoms with Crippen molar-refractivity contribution in [2.75, 3.05) is 19.8 Å². The highest BCUT2D eigenvalue weighted by Crippen LogP contribution is 2.20. The van der Waals surface area contributed by atoms with Crippen LogP contribution in [0.15, 0.2) is 11.6 Å². The van der Waals surface area contributed by atoms with Crippen LogP contribution in [0, 0.1) is 5.92 Å². The van der Waals surface area contributed by atoms with Gasteiger partial charge >= 0.3 is 0 Å². The van der Waals surface area contributed by atoms with Gasteiger partial charge in [-0.15, -0.1) is 0 Å². The first-order valence-electron chi connectivity index (χ1n) is 5.70. The Kier molecular flexibility index (Phi) is 5.20. The van der Waals surface area contributed by atoms with Crippen molar-refractivity contribution >= 4 is 0 Å². The van der Waals surface area contributed by atoms with Crippen LogP contribution in [0.25, 0.3) is 0 Å². The predicted octanol–water partition coefficient (Wildman–Crippen LogP) is 2.36. The number of allylic oxidation sites excluding steroid dienone is 1. The number of nitrogens with one attached hydrogen (secondary N) is 1. The van der Waals surface area contributed by atoms with Crippen LogP contribution >= 0.6 is 0 Å². The maximum Gasteiger partial charge on any atom is 0.0469 e. The third kappa shape index (κ3) is 3.81. The van der Waals surface area contributed by atoms with Crippen molar-refractivity contribution in [1.29, 1.82) is 0 Å². The van der Waals surface area contributed by atoms with Crippen molar-refractivity contribution < 1.29 is 4.74 Å². The monoisotopic (exact) mass is 197 g/mol. The van der Waals surface area contributed by atoms with Gasteiger partial charge in [0.25, 0.3) is 0 Å². The molecule has 2 nitrogen and oxygen atoms in total. The Morgan fingerprint density at radius 1 is 1.43 bits per heavy atom. The van der Waals surface area contributed by atoms with Gasteiger partial charge in [-0.05, 0) is 39.2 Å². The van der Waals surface area contributed by atoms with Crippen LogP contribution in [0.2, 0.25) is 0 Å². The SMILES string of the molecule is CCNC(C=C(C)C)C1CCOCC1. The summed E-state index contributed by atoms with van der Waals surface area (Å²) in [6, 6.07) is 0.550. The van der Waals surface area contributed by atoms with E-state index in [9.17, 15) is 0 Å². The fourth-order valence-corrected chi connectivity index (χ4v) is 2.03. The van der Waals surface area contributed by atoms with E-state index in [1.807, 2.05) is 0 Å². The second kappa shape index (κ2) is 6.20. The van der Waals surface area contributed by atoms with Crippen LogP contribution in [0.1, 0.15) is 33.6 Å². The molecule has 0 aromatic heterocycles. The summed E-state index contributed by atoms with van der Waals surface area (Å²) < 4.78 is 5.38. The lowest BCUT2D eigenvalue weighted by Crippen LogP contribution is -2.37. The Morgan fingerprint density at radius 2 is 2.07 bits per heavy atom. The van der Waals surface area contributed by atoms with E-state index >= 15 is 0 Å². The summed E-state index contributed by atoms with van der Waals surface area (Å²) in [6.45, 7) is 9.43. The Balaban J connectivity index is 2.51. The molecular formula is C12H23NO. The standard InChI is InChI=1S/C12H23NO/c1-4-13-12(9-10(2)3)11-5-7-14-8-6-11/h9,11-13H,4-8H2,1-3H3. The summed E-state index contributed by atoms with van der Waals surface area (Å²) in [5.74, 6) is 0.763. The van der Waals surface area contributed by atoms with E-state index in [0.717, 1.165) is 25.7 Å². The Labute approximate surface area is 87.7 Å². The van der Waals surface area contributed by atoms with Crippen molar-refractivity contribution in [2.24, 2.45) is 5.92 Å². The van der Waals surface area contributed by atoms with Crippen molar-refractivity contribution in [3.05, 3.63) is 11.6 Å². The van der Waals surface area contributed by atoms with E-state index in [1.165, 1.54) is 18.4 Å². The third-order valence-corrected chi connectivity index (χ3v) is 2.73. The summed E-state index contributed by atoms with van der Waals surface area (Å²) in [4.78, 5) is 0. The number of hydrogen-bond acceptors (Lipinski definition) is 2. The normalized spacial score (nSPS) is 20.5. The van der Waals surface area contributed by atoms with Gasteiger partial charge in [0.2, 0.25) is 0 Å². The summed E-state index contributed by atoms with van der Waals surface area (Å²) >= 11 is 0. The van der Waals surface area contributed by atoms with Crippen molar-refractivity contribution in [3.63, 3.8) is 0 Å². The van der Waals surface area contributed by atoms with E-state index < -0.39 is 0 Å². The van der Waals surface area contributed by atoms with Gasteiger partial charge in [0.1, 0.15) is 0 Å². The lowest BCUT2D eigenvalue weighted by Gasteiger charge is -2.29. The molecule has 0 spiro atoms. The molecule has 0 saturated carbocycles. The van der Waals surface area contributed by atoms with E-state index in [2.05, 4.69) is 32.2 Å². The zero-order valence-corrected chi connectivity index (χ0v) is 9.68. The van der Waals surface area contributed by atoms with Gasteiger partial charge in [0, 0.05) is 19.3 Å². The van der Waals surface area contributed by atoms with Gasteiger partial charge in [-0.2, -0.15) is 0 Å². The van der Waals surface area contributed by atoms with Crippen LogP contribution in [0.5, 0.6) is 0 Å². The van der Waals surface area contributed by atoms with Crippen molar-refractivity contribution in [2.45, 2.75) is 39.7 Å². The van der Waals surface area contributed by atoms with E-state index in [-0.39, 0.29) is 0 Å². The molecule has 0 aromatic carbocycles. The minimum atomic E-state index is 0.550. The second-order valence-electron chi connectivity index (χ2n) is 4.28. The Hall–Kier alpha value is -0.340. The maximum absolute atomic E-state index is 5.38. The van der Waals surface area contributed by atoms with Crippen LogP contribution < -0.4 is 5.32 Å². The average Bonchev–Trinajstić information content (AvgIpc) is 2.18. The van der Waals surface area contributed by atoms with Gasteiger partial charge in [0.15, 0.2) is 0 Å². The Morgan fingerprint density at radius 3 is 2.57 bits per heavy atom. The molecule has 0 aromatic rings. The number of rotatable bonds is 4. The van der Waals surface area contributed by atoms with E-state index in [4.69, 9.17) is 4.74 Å². The average molecular weight is 197 g/mol. The highest BCUT2D eigenvalue weighted by Gasteiger charge is 2.21. The highest BCUT2D eigenvalue weighted by atomic mass is 16.5. The third-order valence-electron chi connectivity index (χ3n) is 2.73. The van der Waals surface area contributed by atoms with Crippen molar-refractivity contribution in [1.82, 2.24) is 5.32 Å². The summed E-state index contributed by atoms with van der Waals surface area (Å²) in [5, 5.41) is 3.55. The minimum absolute atomic E-state index is 0.550. The Bertz CT molecular complexity index is 179. The quantitative estimate of drug-likeness (QED) is 0.699. The fraction of sp³-hybridized carbons (Fsp3) is 0.833. The van der Waals surface area contributed by atoms with Crippen LogP contribution in [-0.2, 0) is 4.74 Å². The molecule has 82 valence electrons. The van der Waals surface area contributed by atoms with Gasteiger partial charge in [0.05, 0.1) is 0 Å². The number of likely N-dealkylation sites (N-methyl/N-ethyl adjacent to an activating group) is 1. The van der Waals surface area contributed by atoms with E-state index in [0.29, 0.717) is 6.04 Å². The summed E-state index contributed by atoms with van der Waals surface area (Å²) in [7, 11) is 0. The first kappa shape index (κ1) is 11.7. The molecule has 1 saturated heterocycles. The van der Waals surface area contributed by atoms with Gasteiger partial charge in [-0.1, -0.05) is 18.6 Å². The molecule has 2 heteroatoms. The molecule has 1 rings (SSSR count). The topological polar surface area (TPSA) is 21.3 Å². The van der Waals surface area contributed by atoms with E-state index in [1.54, 1.807) is 0 Å². The first-order valence-corrected chi connectivity index (χ1v) is 5.70. The summed E-state index contributed by atoms with van der Waals surface area (Å²) in [5.41, 5.74) is 1.41. The lowest BCUT2D eigenvalue weighted by molar-refractivity contribution is 0.0593. The highest BCUT2D eigenvalue weighted by molar-refractivity contribution is 5.03. The van der Waals surface area contributed by atoms with Gasteiger partial charge in [-0.3, -0.25) is 0 Å². The first-order chi connectivity index (χ1) is 6.74. The summed E-state index contributed by atoms with van der Waals surface area (Å²) in [6.07, 6.45) is 4.75. The van der Waals surface area contributed by atoms with Gasteiger partial charge < -0.3 is 10.1 Å². The van der Waals surface area contributed by atoms with Crippen LogP contribution in [0.3, 0.4) is 0 Å². The fourth-order valence-electron chi connectivity index (χ4n) is 2.03. The maximum atomic E-state index is 5.38. The molecule has 1 heterocycles. The smallest absolute Gasteiger partial charge is 0.0469 e. The zero-order chi connectivity index (χ0) is 10.4. The second-order valence-corrected chi connectivity index (χ2v) is 4.28. The number of hydrogen-bond donors (Lipinski definition) is 1. The molecule has 1 N–H and O–H groups in total. The molecular weight excluding hydrogens is 174 g/mol. The minimum Gasteiger partial charge on any atom is -0.381 e. The number of ether oxygens (including phenoxy) is 1. The molecule has 14 heavy (non-hydrogen) atoms. The predicted molar refractivity (Wildman–Crippen MR) is 60.4 cm³/mol. The molecule has 1 unspecified atom stereocenters. The molecule has 1 fully saturated rings.